The number of nitrogens with one attached hydrogen (secondary N) is 1. The van der Waals surface area contributed by atoms with Gasteiger partial charge in [-0.3, -0.25) is 9.59 Å². The topological polar surface area (TPSA) is 105 Å². The van der Waals surface area contributed by atoms with Gasteiger partial charge >= 0.3 is 0 Å². The molecule has 1 saturated carbocycles. The van der Waals surface area contributed by atoms with Crippen LogP contribution in [0.15, 0.2) is 11.9 Å². The van der Waals surface area contributed by atoms with E-state index in [1.807, 2.05) is 20.8 Å². The van der Waals surface area contributed by atoms with Crippen molar-refractivity contribution in [1.82, 2.24) is 15.2 Å². The van der Waals surface area contributed by atoms with Crippen molar-refractivity contribution in [3.05, 3.63) is 11.9 Å². The third-order valence-electron chi connectivity index (χ3n) is 4.93. The molecule has 0 radical (unpaired) electrons. The van der Waals surface area contributed by atoms with Gasteiger partial charge in [-0.1, -0.05) is 20.8 Å². The van der Waals surface area contributed by atoms with Crippen molar-refractivity contribution in [3.63, 3.8) is 0 Å². The highest BCUT2D eigenvalue weighted by Crippen LogP contribution is 2.35. The molecule has 148 valence electrons. The summed E-state index contributed by atoms with van der Waals surface area (Å²) < 4.78 is 12.3. The summed E-state index contributed by atoms with van der Waals surface area (Å²) in [6.45, 7) is 5.64. The first-order valence-corrected chi connectivity index (χ1v) is 9.31. The number of nitrogens with zero attached hydrogens (tertiary/aromatic N) is 2. The van der Waals surface area contributed by atoms with Crippen LogP contribution in [0.3, 0.4) is 0 Å². The van der Waals surface area contributed by atoms with Gasteiger partial charge in [-0.25, -0.2) is 10.2 Å². The van der Waals surface area contributed by atoms with Gasteiger partial charge in [0, 0.05) is 30.9 Å². The number of carbonyl (C=O) groups excluding carboxylic acids is 2. The van der Waals surface area contributed by atoms with Crippen molar-refractivity contribution in [1.29, 1.82) is 0 Å². The highest BCUT2D eigenvalue weighted by atomic mass is 19.1. The Balaban J connectivity index is 2.17. The number of alkyl halides is 1. The Bertz CT molecular complexity index is 556. The number of halogens is 1. The minimum atomic E-state index is -0.644. The van der Waals surface area contributed by atoms with Crippen LogP contribution in [0.4, 0.5) is 4.39 Å². The van der Waals surface area contributed by atoms with Crippen LogP contribution in [0, 0.1) is 11.3 Å². The molecule has 1 aliphatic heterocycles. The van der Waals surface area contributed by atoms with Crippen molar-refractivity contribution in [2.24, 2.45) is 22.9 Å². The molecule has 2 atom stereocenters. The summed E-state index contributed by atoms with van der Waals surface area (Å²) in [6, 6.07) is -1.22. The first-order chi connectivity index (χ1) is 12.2. The molecule has 8 heteroatoms. The molecule has 2 amide bonds. The van der Waals surface area contributed by atoms with Crippen LogP contribution in [0.2, 0.25) is 0 Å². The quantitative estimate of drug-likeness (QED) is 0.456. The minimum Gasteiger partial charge on any atom is -0.401 e. The third kappa shape index (κ3) is 4.87. The van der Waals surface area contributed by atoms with Crippen LogP contribution in [0.1, 0.15) is 46.5 Å². The second-order valence-corrected chi connectivity index (χ2v) is 8.29. The number of rotatable bonds is 7. The number of nitrogens with two attached hydrogens (primary N) is 2. The molecule has 0 spiro atoms. The summed E-state index contributed by atoms with van der Waals surface area (Å²) in [5, 5.41) is 3.93. The van der Waals surface area contributed by atoms with Gasteiger partial charge in [0.25, 0.3) is 0 Å². The lowest BCUT2D eigenvalue weighted by Crippen LogP contribution is -2.58. The highest BCUT2D eigenvalue weighted by Gasteiger charge is 2.43. The van der Waals surface area contributed by atoms with Crippen LogP contribution in [0.5, 0.6) is 0 Å². The molecular weight excluding hydrogens is 337 g/mol. The zero-order valence-electron chi connectivity index (χ0n) is 16.0. The monoisotopic (exact) mass is 369 g/mol. The Morgan fingerprint density at radius 1 is 1.35 bits per heavy atom. The second kappa shape index (κ2) is 8.24. The predicted molar refractivity (Wildman–Crippen MR) is 98.0 cm³/mol. The number of likely N-dealkylation sites (tertiary alicyclic amines) is 1. The predicted octanol–water partition coefficient (Wildman–Crippen LogP) is 0.864. The van der Waals surface area contributed by atoms with Crippen LogP contribution in [-0.2, 0) is 9.59 Å². The lowest BCUT2D eigenvalue weighted by Gasteiger charge is -2.39. The number of carbonyl (C=O) groups is 2. The maximum atomic E-state index is 13.3. The Kier molecular flexibility index (Phi) is 6.49. The van der Waals surface area contributed by atoms with Crippen LogP contribution in [0.25, 0.3) is 0 Å². The lowest BCUT2D eigenvalue weighted by atomic mass is 9.85. The van der Waals surface area contributed by atoms with E-state index in [4.69, 9.17) is 11.6 Å². The third-order valence-corrected chi connectivity index (χ3v) is 4.93. The average Bonchev–Trinajstić information content (AvgIpc) is 3.28. The number of allylic oxidation sites excluding steroid dienone is 1. The van der Waals surface area contributed by atoms with Crippen molar-refractivity contribution in [2.75, 3.05) is 19.8 Å². The van der Waals surface area contributed by atoms with Crippen molar-refractivity contribution < 1.29 is 14.0 Å². The van der Waals surface area contributed by atoms with Gasteiger partial charge in [0.05, 0.1) is 0 Å². The SMILES string of the molecule is CC(C)(C)C(C(=O)N1CCCC1C(=O)NCCF)N(N)/C=C(\N)C1CC1. The van der Waals surface area contributed by atoms with Crippen LogP contribution in [-0.4, -0.2) is 53.6 Å². The normalized spacial score (nSPS) is 22.3. The molecule has 0 aromatic heterocycles. The fraction of sp³-hybridized carbons (Fsp3) is 0.778. The largest absolute Gasteiger partial charge is 0.401 e. The molecular formula is C18H32FN5O2. The van der Waals surface area contributed by atoms with E-state index < -0.39 is 24.2 Å². The van der Waals surface area contributed by atoms with Gasteiger partial charge in [-0.05, 0) is 31.1 Å². The average molecular weight is 369 g/mol. The second-order valence-electron chi connectivity index (χ2n) is 8.29. The molecule has 7 nitrogen and oxygen atoms in total. The van der Waals surface area contributed by atoms with E-state index in [-0.39, 0.29) is 18.4 Å². The summed E-state index contributed by atoms with van der Waals surface area (Å²) in [5.74, 6) is 6.07. The summed E-state index contributed by atoms with van der Waals surface area (Å²) in [7, 11) is 0. The maximum absolute atomic E-state index is 13.3. The van der Waals surface area contributed by atoms with Gasteiger partial charge in [-0.15, -0.1) is 0 Å². The number of hydrogen-bond acceptors (Lipinski definition) is 5. The van der Waals surface area contributed by atoms with E-state index in [1.165, 1.54) is 5.01 Å². The Morgan fingerprint density at radius 2 is 2.00 bits per heavy atom. The summed E-state index contributed by atoms with van der Waals surface area (Å²) >= 11 is 0. The van der Waals surface area contributed by atoms with Gasteiger partial charge < -0.3 is 21.0 Å². The van der Waals surface area contributed by atoms with E-state index in [9.17, 15) is 14.0 Å². The molecule has 2 aliphatic rings. The Morgan fingerprint density at radius 3 is 2.54 bits per heavy atom. The number of amides is 2. The summed E-state index contributed by atoms with van der Waals surface area (Å²) in [5.41, 5.74) is 6.30. The number of hydrogen-bond donors (Lipinski definition) is 3. The van der Waals surface area contributed by atoms with Crippen LogP contribution >= 0.6 is 0 Å². The molecule has 26 heavy (non-hydrogen) atoms. The molecule has 2 unspecified atom stereocenters. The van der Waals surface area contributed by atoms with E-state index >= 15 is 0 Å². The first-order valence-electron chi connectivity index (χ1n) is 9.31. The first kappa shape index (κ1) is 20.5. The molecule has 2 rings (SSSR count). The smallest absolute Gasteiger partial charge is 0.248 e. The zero-order chi connectivity index (χ0) is 19.5. The summed E-state index contributed by atoms with van der Waals surface area (Å²) in [6.07, 6.45) is 5.06. The molecule has 2 fully saturated rings. The molecule has 0 bridgehead atoms. The minimum absolute atomic E-state index is 0.0380. The van der Waals surface area contributed by atoms with E-state index in [1.54, 1.807) is 11.1 Å². The number of hydrazine groups is 1. The lowest BCUT2D eigenvalue weighted by molar-refractivity contribution is -0.145. The van der Waals surface area contributed by atoms with Gasteiger partial charge in [0.15, 0.2) is 0 Å². The standard InChI is InChI=1S/C18H32FN5O2/c1-18(2,3)15(24(21)11-13(20)12-6-7-12)17(26)23-10-4-5-14(23)16(25)22-9-8-19/h11-12,14-15H,4-10,20-21H2,1-3H3,(H,22,25)/b13-11-. The Hall–Kier alpha value is -1.83. The fourth-order valence-corrected chi connectivity index (χ4v) is 3.46. The van der Waals surface area contributed by atoms with E-state index in [2.05, 4.69) is 5.32 Å². The zero-order valence-corrected chi connectivity index (χ0v) is 16.0. The molecule has 1 heterocycles. The van der Waals surface area contributed by atoms with Crippen molar-refractivity contribution in [3.8, 4) is 0 Å². The van der Waals surface area contributed by atoms with Gasteiger partial charge in [0.1, 0.15) is 18.8 Å². The van der Waals surface area contributed by atoms with Crippen molar-refractivity contribution in [2.45, 2.75) is 58.5 Å². The van der Waals surface area contributed by atoms with Crippen LogP contribution < -0.4 is 16.9 Å². The van der Waals surface area contributed by atoms with E-state index in [0.717, 1.165) is 19.3 Å². The van der Waals surface area contributed by atoms with Crippen molar-refractivity contribution >= 4 is 11.8 Å². The molecule has 1 aliphatic carbocycles. The summed E-state index contributed by atoms with van der Waals surface area (Å²) in [4.78, 5) is 27.1. The maximum Gasteiger partial charge on any atom is 0.248 e. The molecule has 0 aromatic carbocycles. The fourth-order valence-electron chi connectivity index (χ4n) is 3.46. The Labute approximate surface area is 154 Å². The van der Waals surface area contributed by atoms with Gasteiger partial charge in [0.2, 0.25) is 11.8 Å². The molecule has 0 aromatic rings. The molecule has 5 N–H and O–H groups in total. The van der Waals surface area contributed by atoms with Gasteiger partial charge in [-0.2, -0.15) is 0 Å². The molecule has 1 saturated heterocycles. The highest BCUT2D eigenvalue weighted by molar-refractivity contribution is 5.90. The van der Waals surface area contributed by atoms with E-state index in [0.29, 0.717) is 24.6 Å².